The second-order valence-corrected chi connectivity index (χ2v) is 8.46. The van der Waals surface area contributed by atoms with Gasteiger partial charge in [0.15, 0.2) is 17.7 Å². The third-order valence-corrected chi connectivity index (χ3v) is 6.63. The topological polar surface area (TPSA) is 97.8 Å². The van der Waals surface area contributed by atoms with Gasteiger partial charge in [-0.15, -0.1) is 0 Å². The van der Waals surface area contributed by atoms with Gasteiger partial charge < -0.3 is 29.0 Å². The molecule has 0 aromatic heterocycles. The molecular weight excluding hydrogens is 452 g/mol. The number of phenolic OH excluding ortho intramolecular Hbond substituents is 1. The number of aromatic hydroxyl groups is 1. The van der Waals surface area contributed by atoms with Gasteiger partial charge >= 0.3 is 6.09 Å². The number of phenols is 1. The minimum atomic E-state index is -0.841. The van der Waals surface area contributed by atoms with E-state index in [0.717, 1.165) is 17.7 Å². The SMILES string of the molecule is C=CCOC(=O)N1c2cc(O)c(OC)cc2C(=O)N2CCC(c3ccc(OC)cc3)C[C@H]2C1OC. The maximum absolute atomic E-state index is 13.7. The molecule has 1 N–H and O–H groups in total. The van der Waals surface area contributed by atoms with Crippen LogP contribution in [0.2, 0.25) is 0 Å². The highest BCUT2D eigenvalue weighted by Crippen LogP contribution is 2.43. The molecule has 0 saturated carbocycles. The number of carbonyl (C=O) groups is 2. The van der Waals surface area contributed by atoms with Crippen molar-refractivity contribution in [3.05, 3.63) is 60.2 Å². The second-order valence-electron chi connectivity index (χ2n) is 8.46. The normalized spacial score (nSPS) is 21.5. The van der Waals surface area contributed by atoms with E-state index in [1.165, 1.54) is 37.3 Å². The van der Waals surface area contributed by atoms with Crippen LogP contribution in [0, 0.1) is 0 Å². The fourth-order valence-corrected chi connectivity index (χ4v) is 4.92. The lowest BCUT2D eigenvalue weighted by atomic mass is 9.84. The quantitative estimate of drug-likeness (QED) is 0.624. The molecule has 2 unspecified atom stereocenters. The number of hydrogen-bond acceptors (Lipinski definition) is 7. The van der Waals surface area contributed by atoms with E-state index < -0.39 is 18.4 Å². The predicted molar refractivity (Wildman–Crippen MR) is 129 cm³/mol. The van der Waals surface area contributed by atoms with Crippen LogP contribution in [0.3, 0.4) is 0 Å². The van der Waals surface area contributed by atoms with E-state index >= 15 is 0 Å². The van der Waals surface area contributed by atoms with Gasteiger partial charge in [-0.25, -0.2) is 9.69 Å². The highest BCUT2D eigenvalue weighted by Gasteiger charge is 2.47. The predicted octanol–water partition coefficient (Wildman–Crippen LogP) is 3.91. The van der Waals surface area contributed by atoms with Crippen LogP contribution >= 0.6 is 0 Å². The Labute approximate surface area is 204 Å². The molecule has 1 fully saturated rings. The summed E-state index contributed by atoms with van der Waals surface area (Å²) in [7, 11) is 4.52. The molecule has 186 valence electrons. The molecule has 3 atom stereocenters. The van der Waals surface area contributed by atoms with Crippen molar-refractivity contribution in [1.29, 1.82) is 0 Å². The average molecular weight is 483 g/mol. The standard InChI is InChI=1S/C26H30N2O7/c1-5-12-35-26(31)28-20-15-22(29)23(33-3)14-19(20)24(30)27-11-10-17(13-21(27)25(28)34-4)16-6-8-18(32-2)9-7-16/h5-9,14-15,17,21,25,29H,1,10-13H2,2-4H3/t17?,21-,25?/m0/s1. The first-order valence-electron chi connectivity index (χ1n) is 11.4. The monoisotopic (exact) mass is 482 g/mol. The summed E-state index contributed by atoms with van der Waals surface area (Å²) in [5.74, 6) is 0.578. The average Bonchev–Trinajstić information content (AvgIpc) is 2.98. The number of hydrogen-bond donors (Lipinski definition) is 1. The van der Waals surface area contributed by atoms with E-state index in [1.807, 2.05) is 24.3 Å². The number of rotatable bonds is 6. The van der Waals surface area contributed by atoms with Crippen LogP contribution in [0.15, 0.2) is 49.1 Å². The summed E-state index contributed by atoms with van der Waals surface area (Å²) < 4.78 is 21.7. The van der Waals surface area contributed by atoms with Crippen molar-refractivity contribution in [3.8, 4) is 17.2 Å². The number of nitrogens with zero attached hydrogens (tertiary/aromatic N) is 2. The molecule has 0 aliphatic carbocycles. The Kier molecular flexibility index (Phi) is 7.16. The number of fused-ring (bicyclic) bond motifs is 2. The van der Waals surface area contributed by atoms with Crippen LogP contribution in [0.25, 0.3) is 0 Å². The number of amides is 2. The minimum Gasteiger partial charge on any atom is -0.504 e. The van der Waals surface area contributed by atoms with Crippen LogP contribution in [0.5, 0.6) is 17.2 Å². The fraction of sp³-hybridized carbons (Fsp3) is 0.385. The van der Waals surface area contributed by atoms with Gasteiger partial charge in [0.2, 0.25) is 0 Å². The number of methoxy groups -OCH3 is 3. The zero-order chi connectivity index (χ0) is 25.1. The van der Waals surface area contributed by atoms with Gasteiger partial charge in [-0.05, 0) is 42.5 Å². The maximum Gasteiger partial charge on any atom is 0.416 e. The molecule has 2 aromatic rings. The van der Waals surface area contributed by atoms with Gasteiger partial charge in [-0.1, -0.05) is 24.8 Å². The number of benzene rings is 2. The molecule has 4 rings (SSSR count). The first-order valence-corrected chi connectivity index (χ1v) is 11.4. The Balaban J connectivity index is 1.78. The van der Waals surface area contributed by atoms with E-state index in [1.54, 1.807) is 12.0 Å². The van der Waals surface area contributed by atoms with Gasteiger partial charge in [0.05, 0.1) is 31.5 Å². The Hall–Kier alpha value is -3.72. The molecule has 2 amide bonds. The van der Waals surface area contributed by atoms with E-state index in [4.69, 9.17) is 18.9 Å². The lowest BCUT2D eigenvalue weighted by Crippen LogP contribution is -2.56. The van der Waals surface area contributed by atoms with Crippen molar-refractivity contribution in [2.24, 2.45) is 0 Å². The molecular formula is C26H30N2O7. The smallest absolute Gasteiger partial charge is 0.416 e. The molecule has 0 spiro atoms. The first-order chi connectivity index (χ1) is 16.9. The molecule has 9 heteroatoms. The van der Waals surface area contributed by atoms with E-state index in [-0.39, 0.29) is 41.2 Å². The van der Waals surface area contributed by atoms with Crippen molar-refractivity contribution in [2.75, 3.05) is 39.4 Å². The van der Waals surface area contributed by atoms with Crippen LogP contribution in [0.1, 0.15) is 34.7 Å². The van der Waals surface area contributed by atoms with Gasteiger partial charge in [-0.3, -0.25) is 4.79 Å². The summed E-state index contributed by atoms with van der Waals surface area (Å²) >= 11 is 0. The summed E-state index contributed by atoms with van der Waals surface area (Å²) in [6.45, 7) is 4.05. The van der Waals surface area contributed by atoms with Crippen molar-refractivity contribution in [2.45, 2.75) is 31.0 Å². The van der Waals surface area contributed by atoms with Crippen molar-refractivity contribution < 1.29 is 33.6 Å². The van der Waals surface area contributed by atoms with E-state index in [9.17, 15) is 14.7 Å². The number of anilines is 1. The lowest BCUT2D eigenvalue weighted by molar-refractivity contribution is -0.00155. The Morgan fingerprint density at radius 2 is 1.91 bits per heavy atom. The third-order valence-electron chi connectivity index (χ3n) is 6.63. The second kappa shape index (κ2) is 10.3. The van der Waals surface area contributed by atoms with E-state index in [2.05, 4.69) is 6.58 Å². The Bertz CT molecular complexity index is 1100. The van der Waals surface area contributed by atoms with Crippen molar-refractivity contribution >= 4 is 17.7 Å². The fourth-order valence-electron chi connectivity index (χ4n) is 4.92. The highest BCUT2D eigenvalue weighted by atomic mass is 16.6. The number of carbonyl (C=O) groups excluding carboxylic acids is 2. The summed E-state index contributed by atoms with van der Waals surface area (Å²) in [6, 6.07) is 10.2. The summed E-state index contributed by atoms with van der Waals surface area (Å²) in [6.07, 6.45) is 1.23. The largest absolute Gasteiger partial charge is 0.504 e. The molecule has 35 heavy (non-hydrogen) atoms. The van der Waals surface area contributed by atoms with Crippen LogP contribution in [-0.4, -0.2) is 68.8 Å². The van der Waals surface area contributed by atoms with Gasteiger partial charge in [0.1, 0.15) is 12.4 Å². The number of ether oxygens (including phenoxy) is 4. The zero-order valence-corrected chi connectivity index (χ0v) is 20.1. The Morgan fingerprint density at radius 1 is 1.17 bits per heavy atom. The first kappa shape index (κ1) is 24.4. The van der Waals surface area contributed by atoms with Crippen LogP contribution in [0.4, 0.5) is 10.5 Å². The van der Waals surface area contributed by atoms with E-state index in [0.29, 0.717) is 13.0 Å². The molecule has 2 aliphatic heterocycles. The van der Waals surface area contributed by atoms with Gasteiger partial charge in [0.25, 0.3) is 5.91 Å². The molecule has 0 bridgehead atoms. The lowest BCUT2D eigenvalue weighted by Gasteiger charge is -2.43. The molecule has 0 radical (unpaired) electrons. The van der Waals surface area contributed by atoms with Gasteiger partial charge in [-0.2, -0.15) is 0 Å². The molecule has 2 aromatic carbocycles. The summed E-state index contributed by atoms with van der Waals surface area (Å²) in [4.78, 5) is 30.0. The Morgan fingerprint density at radius 3 is 2.54 bits per heavy atom. The third kappa shape index (κ3) is 4.51. The zero-order valence-electron chi connectivity index (χ0n) is 20.1. The number of piperidine rings is 1. The van der Waals surface area contributed by atoms with Crippen molar-refractivity contribution in [1.82, 2.24) is 4.90 Å². The van der Waals surface area contributed by atoms with Crippen LogP contribution in [-0.2, 0) is 9.47 Å². The molecule has 2 heterocycles. The molecule has 2 aliphatic rings. The minimum absolute atomic E-state index is 0.0139. The molecule has 9 nitrogen and oxygen atoms in total. The van der Waals surface area contributed by atoms with Gasteiger partial charge in [0, 0.05) is 19.7 Å². The molecule has 1 saturated heterocycles. The van der Waals surface area contributed by atoms with Crippen molar-refractivity contribution in [3.63, 3.8) is 0 Å². The summed E-state index contributed by atoms with van der Waals surface area (Å²) in [5.41, 5.74) is 1.54. The highest BCUT2D eigenvalue weighted by molar-refractivity contribution is 6.06. The maximum atomic E-state index is 13.7. The van der Waals surface area contributed by atoms with Crippen LogP contribution < -0.4 is 14.4 Å². The summed E-state index contributed by atoms with van der Waals surface area (Å²) in [5, 5.41) is 10.5.